The van der Waals surface area contributed by atoms with E-state index in [0.29, 0.717) is 27.9 Å². The molecule has 10 heteroatoms. The Morgan fingerprint density at radius 2 is 1.97 bits per heavy atom. The normalized spacial score (nSPS) is 19.0. The number of likely N-dealkylation sites (tertiary alicyclic amines) is 1. The summed E-state index contributed by atoms with van der Waals surface area (Å²) in [5, 5.41) is 11.4. The van der Waals surface area contributed by atoms with E-state index in [1.807, 2.05) is 6.07 Å². The lowest BCUT2D eigenvalue weighted by Gasteiger charge is -2.25. The van der Waals surface area contributed by atoms with Crippen molar-refractivity contribution in [3.8, 4) is 0 Å². The van der Waals surface area contributed by atoms with Crippen molar-refractivity contribution in [3.05, 3.63) is 66.3 Å². The second-order valence-corrected chi connectivity index (χ2v) is 9.90. The molecule has 1 amide bonds. The molecule has 1 aliphatic rings. The van der Waals surface area contributed by atoms with E-state index in [4.69, 9.17) is 0 Å². The van der Waals surface area contributed by atoms with Crippen LogP contribution in [-0.4, -0.2) is 64.5 Å². The molecule has 0 radical (unpaired) electrons. The first-order chi connectivity index (χ1) is 18.0. The van der Waals surface area contributed by atoms with Crippen LogP contribution in [0.25, 0.3) is 22.4 Å². The van der Waals surface area contributed by atoms with Crippen molar-refractivity contribution in [1.82, 2.24) is 25.0 Å². The second kappa shape index (κ2) is 11.4. The zero-order chi connectivity index (χ0) is 27.4. The third kappa shape index (κ3) is 6.42. The summed E-state index contributed by atoms with van der Waals surface area (Å²) in [6.07, 6.45) is 3.67. The zero-order valence-electron chi connectivity index (χ0n) is 21.8. The van der Waals surface area contributed by atoms with Gasteiger partial charge in [-0.1, -0.05) is 31.7 Å². The molecule has 202 valence electrons. The molecule has 1 aliphatic heterocycles. The van der Waals surface area contributed by atoms with E-state index in [9.17, 15) is 18.0 Å². The number of aromatic nitrogens is 3. The first-order valence-corrected chi connectivity index (χ1v) is 12.6. The number of amides is 1. The van der Waals surface area contributed by atoms with E-state index in [1.165, 1.54) is 10.9 Å². The van der Waals surface area contributed by atoms with Crippen LogP contribution in [0.3, 0.4) is 0 Å². The van der Waals surface area contributed by atoms with Crippen LogP contribution in [0.2, 0.25) is 0 Å². The second-order valence-electron chi connectivity index (χ2n) is 9.90. The van der Waals surface area contributed by atoms with Gasteiger partial charge in [0.05, 0.1) is 28.7 Å². The highest BCUT2D eigenvalue weighted by atomic mass is 19.4. The first-order valence-electron chi connectivity index (χ1n) is 12.6. The van der Waals surface area contributed by atoms with Crippen molar-refractivity contribution in [2.45, 2.75) is 32.0 Å². The molecule has 0 aliphatic carbocycles. The fourth-order valence-electron chi connectivity index (χ4n) is 4.64. The maximum atomic E-state index is 13.7. The predicted molar refractivity (Wildman–Crippen MR) is 145 cm³/mol. The van der Waals surface area contributed by atoms with Gasteiger partial charge in [0.2, 0.25) is 0 Å². The van der Waals surface area contributed by atoms with E-state index in [-0.39, 0.29) is 24.2 Å². The number of hydrogen-bond donors (Lipinski definition) is 2. The SMILES string of the molecule is C=C(c1nc(/C=C/CNC(=O)c2cnn(C)c2)cc2c(NC3CCN(C)CCC3C)cccc12)C(F)(F)F. The van der Waals surface area contributed by atoms with Gasteiger partial charge in [0.15, 0.2) is 0 Å². The number of allylic oxidation sites excluding steroid dienone is 1. The molecule has 7 nitrogen and oxygen atoms in total. The van der Waals surface area contributed by atoms with Gasteiger partial charge in [0.1, 0.15) is 0 Å². The Bertz CT molecular complexity index is 1350. The average molecular weight is 527 g/mol. The molecule has 38 heavy (non-hydrogen) atoms. The van der Waals surface area contributed by atoms with Gasteiger partial charge in [-0.2, -0.15) is 18.3 Å². The molecule has 2 atom stereocenters. The molecule has 2 N–H and O–H groups in total. The molecule has 0 spiro atoms. The van der Waals surface area contributed by atoms with Crippen LogP contribution in [0.1, 0.15) is 41.5 Å². The summed E-state index contributed by atoms with van der Waals surface area (Å²) in [6, 6.07) is 7.25. The van der Waals surface area contributed by atoms with E-state index >= 15 is 0 Å². The first kappa shape index (κ1) is 27.4. The zero-order valence-corrected chi connectivity index (χ0v) is 21.8. The maximum Gasteiger partial charge on any atom is 0.417 e. The van der Waals surface area contributed by atoms with Gasteiger partial charge in [-0.25, -0.2) is 4.98 Å². The van der Waals surface area contributed by atoms with Gasteiger partial charge in [-0.05, 0) is 57.1 Å². The van der Waals surface area contributed by atoms with Gasteiger partial charge in [0.25, 0.3) is 5.91 Å². The van der Waals surface area contributed by atoms with Crippen molar-refractivity contribution in [2.75, 3.05) is 32.0 Å². The van der Waals surface area contributed by atoms with E-state index in [0.717, 1.165) is 31.6 Å². The maximum absolute atomic E-state index is 13.7. The van der Waals surface area contributed by atoms with Crippen molar-refractivity contribution in [2.24, 2.45) is 13.0 Å². The minimum atomic E-state index is -4.62. The quantitative estimate of drug-likeness (QED) is 0.447. The number of pyridine rings is 1. The standard InChI is InChI=1S/C28H33F3N6O/c1-18-10-13-36(3)14-11-24(18)35-25-9-5-8-22-23(25)15-21(34-26(22)19(2)28(29,30)31)7-6-12-32-27(38)20-16-33-37(4)17-20/h5-9,15-18,24,35H,2,10-14H2,1,3-4H3,(H,32,38)/b7-6+. The highest BCUT2D eigenvalue weighted by Crippen LogP contribution is 2.37. The number of nitrogens with one attached hydrogen (secondary N) is 2. The van der Waals surface area contributed by atoms with Crippen molar-refractivity contribution in [1.29, 1.82) is 0 Å². The number of halogens is 3. The smallest absolute Gasteiger partial charge is 0.381 e. The van der Waals surface area contributed by atoms with Crippen LogP contribution in [0.5, 0.6) is 0 Å². The minimum absolute atomic E-state index is 0.177. The predicted octanol–water partition coefficient (Wildman–Crippen LogP) is 5.13. The molecule has 2 unspecified atom stereocenters. The monoisotopic (exact) mass is 526 g/mol. The van der Waals surface area contributed by atoms with Gasteiger partial charge < -0.3 is 15.5 Å². The Morgan fingerprint density at radius 3 is 2.68 bits per heavy atom. The van der Waals surface area contributed by atoms with Gasteiger partial charge in [0, 0.05) is 42.3 Å². The number of hydrogen-bond acceptors (Lipinski definition) is 5. The topological polar surface area (TPSA) is 75.1 Å². The molecular formula is C28H33F3N6O. The number of alkyl halides is 3. The van der Waals surface area contributed by atoms with Crippen molar-refractivity contribution >= 4 is 34.0 Å². The molecule has 3 heterocycles. The number of anilines is 1. The van der Waals surface area contributed by atoms with E-state index < -0.39 is 11.7 Å². The van der Waals surface area contributed by atoms with Gasteiger partial charge in [-0.15, -0.1) is 0 Å². The fourth-order valence-corrected chi connectivity index (χ4v) is 4.64. The Morgan fingerprint density at radius 1 is 1.21 bits per heavy atom. The Labute approximate surface area is 220 Å². The summed E-state index contributed by atoms with van der Waals surface area (Å²) >= 11 is 0. The van der Waals surface area contributed by atoms with Crippen LogP contribution in [-0.2, 0) is 7.05 Å². The third-order valence-electron chi connectivity index (χ3n) is 6.97. The molecule has 0 bridgehead atoms. The number of rotatable bonds is 7. The molecule has 3 aromatic rings. The van der Waals surface area contributed by atoms with Crippen LogP contribution >= 0.6 is 0 Å². The van der Waals surface area contributed by atoms with Crippen LogP contribution < -0.4 is 10.6 Å². The molecule has 2 aromatic heterocycles. The number of carbonyl (C=O) groups is 1. The Balaban J connectivity index is 1.64. The van der Waals surface area contributed by atoms with E-state index in [1.54, 1.807) is 43.6 Å². The summed E-state index contributed by atoms with van der Waals surface area (Å²) in [7, 11) is 3.82. The molecule has 4 rings (SSSR count). The lowest BCUT2D eigenvalue weighted by atomic mass is 9.95. The number of fused-ring (bicyclic) bond motifs is 1. The summed E-state index contributed by atoms with van der Waals surface area (Å²) in [6.45, 7) is 7.66. The molecule has 1 saturated heterocycles. The molecule has 0 saturated carbocycles. The lowest BCUT2D eigenvalue weighted by Crippen LogP contribution is -2.27. The molecular weight excluding hydrogens is 493 g/mol. The summed E-state index contributed by atoms with van der Waals surface area (Å²) in [4.78, 5) is 18.8. The lowest BCUT2D eigenvalue weighted by molar-refractivity contribution is -0.0688. The third-order valence-corrected chi connectivity index (χ3v) is 6.97. The van der Waals surface area contributed by atoms with Gasteiger partial charge in [-0.3, -0.25) is 9.48 Å². The van der Waals surface area contributed by atoms with Crippen molar-refractivity contribution < 1.29 is 18.0 Å². The summed E-state index contributed by atoms with van der Waals surface area (Å²) in [5.41, 5.74) is 0.331. The highest BCUT2D eigenvalue weighted by molar-refractivity contribution is 6.01. The minimum Gasteiger partial charge on any atom is -0.381 e. The van der Waals surface area contributed by atoms with Crippen LogP contribution in [0.15, 0.2) is 49.3 Å². The fraction of sp³-hybridized carbons (Fsp3) is 0.393. The largest absolute Gasteiger partial charge is 0.417 e. The van der Waals surface area contributed by atoms with Crippen LogP contribution in [0, 0.1) is 5.92 Å². The number of nitrogens with zero attached hydrogens (tertiary/aromatic N) is 4. The highest BCUT2D eigenvalue weighted by Gasteiger charge is 2.35. The summed E-state index contributed by atoms with van der Waals surface area (Å²) in [5.74, 6) is 0.111. The number of benzene rings is 1. The summed E-state index contributed by atoms with van der Waals surface area (Å²) < 4.78 is 42.7. The molecule has 1 fully saturated rings. The van der Waals surface area contributed by atoms with E-state index in [2.05, 4.69) is 46.2 Å². The van der Waals surface area contributed by atoms with Gasteiger partial charge >= 0.3 is 6.18 Å². The molecule has 1 aromatic carbocycles. The van der Waals surface area contributed by atoms with Crippen molar-refractivity contribution in [3.63, 3.8) is 0 Å². The Hall–Kier alpha value is -3.66. The average Bonchev–Trinajstić information content (AvgIpc) is 3.25. The number of aryl methyl sites for hydroxylation is 1. The van der Waals surface area contributed by atoms with Crippen LogP contribution in [0.4, 0.5) is 18.9 Å². The Kier molecular flexibility index (Phi) is 8.20. The number of carbonyl (C=O) groups excluding carboxylic acids is 1.